The maximum atomic E-state index is 13.6. The quantitative estimate of drug-likeness (QED) is 0.478. The Morgan fingerprint density at radius 1 is 0.920 bits per heavy atom. The minimum Gasteiger partial charge on any atom is -0.489 e. The summed E-state index contributed by atoms with van der Waals surface area (Å²) in [5, 5.41) is 10.8. The first-order valence-electron chi connectivity index (χ1n) is 7.45. The average molecular weight is 341 g/mol. The van der Waals surface area contributed by atoms with Crippen molar-refractivity contribution in [2.24, 2.45) is 0 Å². The van der Waals surface area contributed by atoms with E-state index < -0.39 is 22.2 Å². The van der Waals surface area contributed by atoms with Gasteiger partial charge in [0.25, 0.3) is 0 Å². The van der Waals surface area contributed by atoms with Gasteiger partial charge in [-0.3, -0.25) is 10.1 Å². The van der Waals surface area contributed by atoms with Gasteiger partial charge >= 0.3 is 5.69 Å². The molecule has 4 nitrogen and oxygen atoms in total. The van der Waals surface area contributed by atoms with E-state index in [1.165, 1.54) is 0 Å². The lowest BCUT2D eigenvalue weighted by molar-refractivity contribution is -0.387. The van der Waals surface area contributed by atoms with Crippen molar-refractivity contribution in [1.82, 2.24) is 0 Å². The van der Waals surface area contributed by atoms with Gasteiger partial charge < -0.3 is 4.74 Å². The number of rotatable bonds is 5. The fourth-order valence-electron chi connectivity index (χ4n) is 2.36. The fraction of sp³-hybridized carbons (Fsp3) is 0.0526. The zero-order valence-corrected chi connectivity index (χ0v) is 13.0. The minimum atomic E-state index is -1.46. The standard InChI is InChI=1S/C19H13F2NO3/c20-17-10-15(11-18(19(17)21)22(23)24)14-6-8-16(9-7-14)25-12-13-4-2-1-3-5-13/h1-11H,12H2. The van der Waals surface area contributed by atoms with E-state index >= 15 is 0 Å². The highest BCUT2D eigenvalue weighted by Gasteiger charge is 2.20. The van der Waals surface area contributed by atoms with Gasteiger partial charge in [0.15, 0.2) is 5.82 Å². The summed E-state index contributed by atoms with van der Waals surface area (Å²) in [4.78, 5) is 9.87. The molecule has 3 aromatic rings. The second-order valence-electron chi connectivity index (χ2n) is 5.35. The highest BCUT2D eigenvalue weighted by Crippen LogP contribution is 2.29. The number of nitrogens with zero attached hydrogens (tertiary/aromatic N) is 1. The molecular formula is C19H13F2NO3. The molecule has 126 valence electrons. The average Bonchev–Trinajstić information content (AvgIpc) is 2.63. The van der Waals surface area contributed by atoms with Crippen LogP contribution in [0.5, 0.6) is 5.75 Å². The molecule has 0 aliphatic carbocycles. The molecule has 0 aliphatic heterocycles. The Morgan fingerprint density at radius 3 is 2.24 bits per heavy atom. The molecule has 0 aromatic heterocycles. The first kappa shape index (κ1) is 16.6. The summed E-state index contributed by atoms with van der Waals surface area (Å²) < 4.78 is 32.7. The van der Waals surface area contributed by atoms with E-state index in [9.17, 15) is 18.9 Å². The summed E-state index contributed by atoms with van der Waals surface area (Å²) in [6.45, 7) is 0.400. The molecule has 0 N–H and O–H groups in total. The van der Waals surface area contributed by atoms with Crippen molar-refractivity contribution in [2.45, 2.75) is 6.61 Å². The summed E-state index contributed by atoms with van der Waals surface area (Å²) >= 11 is 0. The number of ether oxygens (including phenoxy) is 1. The largest absolute Gasteiger partial charge is 0.489 e. The van der Waals surface area contributed by atoms with E-state index in [0.717, 1.165) is 17.7 Å². The van der Waals surface area contributed by atoms with Crippen LogP contribution in [0.1, 0.15) is 5.56 Å². The number of benzene rings is 3. The lowest BCUT2D eigenvalue weighted by Crippen LogP contribution is -1.97. The van der Waals surface area contributed by atoms with Crippen LogP contribution in [0.15, 0.2) is 66.7 Å². The third kappa shape index (κ3) is 3.80. The van der Waals surface area contributed by atoms with Gasteiger partial charge in [0.1, 0.15) is 12.4 Å². The van der Waals surface area contributed by atoms with Gasteiger partial charge in [-0.2, -0.15) is 4.39 Å². The van der Waals surface area contributed by atoms with Crippen molar-refractivity contribution in [3.05, 3.63) is 94.0 Å². The molecule has 0 radical (unpaired) electrons. The Bertz CT molecular complexity index is 897. The van der Waals surface area contributed by atoms with E-state index in [1.54, 1.807) is 24.3 Å². The van der Waals surface area contributed by atoms with Gasteiger partial charge in [-0.25, -0.2) is 4.39 Å². The van der Waals surface area contributed by atoms with Crippen LogP contribution in [-0.2, 0) is 6.61 Å². The Hall–Kier alpha value is -3.28. The summed E-state index contributed by atoms with van der Waals surface area (Å²) in [6.07, 6.45) is 0. The molecule has 0 heterocycles. The van der Waals surface area contributed by atoms with Crippen LogP contribution in [0, 0.1) is 21.7 Å². The normalized spacial score (nSPS) is 10.5. The van der Waals surface area contributed by atoms with Gasteiger partial charge in [0.05, 0.1) is 4.92 Å². The van der Waals surface area contributed by atoms with E-state index in [-0.39, 0.29) is 5.56 Å². The molecule has 0 atom stereocenters. The Kier molecular flexibility index (Phi) is 4.70. The van der Waals surface area contributed by atoms with Gasteiger partial charge in [-0.05, 0) is 34.9 Å². The smallest absolute Gasteiger partial charge is 0.308 e. The van der Waals surface area contributed by atoms with Crippen LogP contribution < -0.4 is 4.74 Å². The Balaban J connectivity index is 1.79. The molecule has 0 saturated carbocycles. The predicted octanol–water partition coefficient (Wildman–Crippen LogP) is 5.12. The molecule has 0 saturated heterocycles. The Labute approximate surface area is 142 Å². The van der Waals surface area contributed by atoms with E-state index in [0.29, 0.717) is 17.9 Å². The monoisotopic (exact) mass is 341 g/mol. The molecule has 3 rings (SSSR count). The van der Waals surface area contributed by atoms with Gasteiger partial charge in [-0.15, -0.1) is 0 Å². The van der Waals surface area contributed by atoms with Crippen molar-refractivity contribution < 1.29 is 18.4 Å². The summed E-state index contributed by atoms with van der Waals surface area (Å²) in [5.41, 5.74) is 0.872. The molecule has 0 bridgehead atoms. The summed E-state index contributed by atoms with van der Waals surface area (Å²) in [5.74, 6) is -2.12. The second-order valence-corrected chi connectivity index (χ2v) is 5.35. The van der Waals surface area contributed by atoms with Crippen LogP contribution in [-0.4, -0.2) is 4.92 Å². The molecule has 0 fully saturated rings. The van der Waals surface area contributed by atoms with Gasteiger partial charge in [0, 0.05) is 6.07 Å². The van der Waals surface area contributed by atoms with E-state index in [1.807, 2.05) is 30.3 Å². The van der Waals surface area contributed by atoms with Gasteiger partial charge in [-0.1, -0.05) is 42.5 Å². The second kappa shape index (κ2) is 7.09. The molecule has 25 heavy (non-hydrogen) atoms. The molecular weight excluding hydrogens is 328 g/mol. The number of hydrogen-bond acceptors (Lipinski definition) is 3. The van der Waals surface area contributed by atoms with Crippen LogP contribution in [0.2, 0.25) is 0 Å². The topological polar surface area (TPSA) is 52.4 Å². The first-order chi connectivity index (χ1) is 12.0. The highest BCUT2D eigenvalue weighted by atomic mass is 19.2. The van der Waals surface area contributed by atoms with Crippen molar-refractivity contribution in [1.29, 1.82) is 0 Å². The SMILES string of the molecule is O=[N+]([O-])c1cc(-c2ccc(OCc3ccccc3)cc2)cc(F)c1F. The summed E-state index contributed by atoms with van der Waals surface area (Å²) in [7, 11) is 0. The third-order valence-electron chi connectivity index (χ3n) is 3.64. The van der Waals surface area contributed by atoms with Gasteiger partial charge in [0.2, 0.25) is 5.82 Å². The fourth-order valence-corrected chi connectivity index (χ4v) is 2.36. The molecule has 0 spiro atoms. The lowest BCUT2D eigenvalue weighted by Gasteiger charge is -2.08. The number of halogens is 2. The zero-order valence-electron chi connectivity index (χ0n) is 13.0. The van der Waals surface area contributed by atoms with Crippen LogP contribution in [0.3, 0.4) is 0 Å². The molecule has 0 amide bonds. The third-order valence-corrected chi connectivity index (χ3v) is 3.64. The minimum absolute atomic E-state index is 0.222. The van der Waals surface area contributed by atoms with Crippen molar-refractivity contribution >= 4 is 5.69 Å². The molecule has 3 aromatic carbocycles. The maximum Gasteiger partial charge on any atom is 0.308 e. The zero-order chi connectivity index (χ0) is 17.8. The van der Waals surface area contributed by atoms with E-state index in [4.69, 9.17) is 4.74 Å². The number of hydrogen-bond donors (Lipinski definition) is 0. The van der Waals surface area contributed by atoms with Crippen molar-refractivity contribution in [2.75, 3.05) is 0 Å². The molecule has 0 unspecified atom stereocenters. The van der Waals surface area contributed by atoms with Crippen LogP contribution >= 0.6 is 0 Å². The van der Waals surface area contributed by atoms with Crippen LogP contribution in [0.4, 0.5) is 14.5 Å². The first-order valence-corrected chi connectivity index (χ1v) is 7.45. The maximum absolute atomic E-state index is 13.6. The predicted molar refractivity (Wildman–Crippen MR) is 89.2 cm³/mol. The van der Waals surface area contributed by atoms with Crippen LogP contribution in [0.25, 0.3) is 11.1 Å². The Morgan fingerprint density at radius 2 is 1.60 bits per heavy atom. The van der Waals surface area contributed by atoms with Crippen molar-refractivity contribution in [3.63, 3.8) is 0 Å². The van der Waals surface area contributed by atoms with Crippen molar-refractivity contribution in [3.8, 4) is 16.9 Å². The number of nitro benzene ring substituents is 1. The molecule has 0 aliphatic rings. The molecule has 6 heteroatoms. The highest BCUT2D eigenvalue weighted by molar-refractivity contribution is 5.67. The number of nitro groups is 1. The van der Waals surface area contributed by atoms with E-state index in [2.05, 4.69) is 0 Å². The lowest BCUT2D eigenvalue weighted by atomic mass is 10.0. The summed E-state index contributed by atoms with van der Waals surface area (Å²) in [6, 6.07) is 18.2.